The zero-order chi connectivity index (χ0) is 23.9. The lowest BCUT2D eigenvalue weighted by Gasteiger charge is -2.17. The predicted octanol–water partition coefficient (Wildman–Crippen LogP) is 5.73. The molecule has 0 atom stereocenters. The van der Waals surface area contributed by atoms with Crippen LogP contribution in [0.5, 0.6) is 0 Å². The summed E-state index contributed by atoms with van der Waals surface area (Å²) in [7, 11) is 0. The summed E-state index contributed by atoms with van der Waals surface area (Å²) in [6.45, 7) is 2.27. The zero-order valence-electron chi connectivity index (χ0n) is 18.3. The first kappa shape index (κ1) is 22.9. The van der Waals surface area contributed by atoms with Crippen LogP contribution in [-0.2, 0) is 31.2 Å². The molecule has 1 saturated carbocycles. The molecule has 2 heterocycles. The molecule has 176 valence electrons. The van der Waals surface area contributed by atoms with Gasteiger partial charge in [-0.3, -0.25) is 14.7 Å². The predicted molar refractivity (Wildman–Crippen MR) is 123 cm³/mol. The molecule has 3 aromatic rings. The van der Waals surface area contributed by atoms with Crippen molar-refractivity contribution in [3.63, 3.8) is 0 Å². The van der Waals surface area contributed by atoms with E-state index in [0.29, 0.717) is 36.8 Å². The van der Waals surface area contributed by atoms with Crippen LogP contribution in [0.3, 0.4) is 0 Å². The number of benzene rings is 2. The Balaban J connectivity index is 1.19. The maximum atomic E-state index is 12.8. The number of carbonyl (C=O) groups excluding carboxylic acids is 1. The highest BCUT2D eigenvalue weighted by molar-refractivity contribution is 6.30. The van der Waals surface area contributed by atoms with E-state index in [9.17, 15) is 18.0 Å². The SMILES string of the molecule is O=C(NCC1(c2ccc(Cl)cc2)CC1)c1cnc2c(c1)CN(Cc1ccc(C(F)(F)F)cc1)C2. The number of hydrogen-bond acceptors (Lipinski definition) is 3. The summed E-state index contributed by atoms with van der Waals surface area (Å²) in [4.78, 5) is 19.4. The van der Waals surface area contributed by atoms with Gasteiger partial charge in [-0.1, -0.05) is 35.9 Å². The van der Waals surface area contributed by atoms with Gasteiger partial charge in [-0.2, -0.15) is 13.2 Å². The first-order chi connectivity index (χ1) is 16.2. The van der Waals surface area contributed by atoms with E-state index in [-0.39, 0.29) is 11.3 Å². The van der Waals surface area contributed by atoms with Crippen molar-refractivity contribution in [1.29, 1.82) is 0 Å². The van der Waals surface area contributed by atoms with Crippen molar-refractivity contribution in [2.24, 2.45) is 0 Å². The number of amides is 1. The molecule has 8 heteroatoms. The highest BCUT2D eigenvalue weighted by Gasteiger charge is 2.44. The molecule has 0 spiro atoms. The van der Waals surface area contributed by atoms with Gasteiger partial charge in [-0.05, 0) is 59.9 Å². The number of aromatic nitrogens is 1. The second-order valence-electron chi connectivity index (χ2n) is 9.14. The summed E-state index contributed by atoms with van der Waals surface area (Å²) in [6, 6.07) is 14.9. The largest absolute Gasteiger partial charge is 0.416 e. The highest BCUT2D eigenvalue weighted by atomic mass is 35.5. The molecule has 0 radical (unpaired) electrons. The molecule has 1 N–H and O–H groups in total. The average Bonchev–Trinajstić information content (AvgIpc) is 3.49. The zero-order valence-corrected chi connectivity index (χ0v) is 19.1. The maximum Gasteiger partial charge on any atom is 0.416 e. The molecule has 1 amide bonds. The van der Waals surface area contributed by atoms with Gasteiger partial charge in [0.2, 0.25) is 0 Å². The van der Waals surface area contributed by atoms with Gasteiger partial charge >= 0.3 is 6.18 Å². The van der Waals surface area contributed by atoms with Crippen LogP contribution in [0.1, 0.15) is 51.1 Å². The van der Waals surface area contributed by atoms with E-state index in [0.717, 1.165) is 41.8 Å². The van der Waals surface area contributed by atoms with Crippen molar-refractivity contribution < 1.29 is 18.0 Å². The maximum absolute atomic E-state index is 12.8. The number of hydrogen-bond donors (Lipinski definition) is 1. The molecule has 4 nitrogen and oxygen atoms in total. The second-order valence-corrected chi connectivity index (χ2v) is 9.58. The quantitative estimate of drug-likeness (QED) is 0.485. The minimum atomic E-state index is -4.34. The standard InChI is InChI=1S/C26H23ClF3N3O/c27-22-7-5-20(6-8-22)25(9-10-25)16-32-24(34)18-11-19-14-33(15-23(19)31-12-18)13-17-1-3-21(4-2-17)26(28,29)30/h1-8,11-12H,9-10,13-16H2,(H,32,34). The third-order valence-electron chi connectivity index (χ3n) is 6.67. The fraction of sp³-hybridized carbons (Fsp3) is 0.308. The third-order valence-corrected chi connectivity index (χ3v) is 6.93. The number of fused-ring (bicyclic) bond motifs is 1. The Hall–Kier alpha value is -2.90. The topological polar surface area (TPSA) is 45.2 Å². The van der Waals surface area contributed by atoms with E-state index in [1.165, 1.54) is 17.7 Å². The number of nitrogens with one attached hydrogen (secondary N) is 1. The first-order valence-corrected chi connectivity index (χ1v) is 11.5. The normalized spacial score (nSPS) is 16.8. The Kier molecular flexibility index (Phi) is 5.86. The summed E-state index contributed by atoms with van der Waals surface area (Å²) in [5, 5.41) is 3.75. The molecule has 0 bridgehead atoms. The summed E-state index contributed by atoms with van der Waals surface area (Å²) in [6.07, 6.45) is -0.693. The van der Waals surface area contributed by atoms with Crippen LogP contribution >= 0.6 is 11.6 Å². The summed E-state index contributed by atoms with van der Waals surface area (Å²) >= 11 is 5.99. The van der Waals surface area contributed by atoms with Gasteiger partial charge in [0.05, 0.1) is 16.8 Å². The smallest absolute Gasteiger partial charge is 0.351 e. The van der Waals surface area contributed by atoms with Gasteiger partial charge in [-0.15, -0.1) is 0 Å². The highest BCUT2D eigenvalue weighted by Crippen LogP contribution is 2.47. The van der Waals surface area contributed by atoms with Crippen LogP contribution in [0.25, 0.3) is 0 Å². The number of rotatable bonds is 6. The van der Waals surface area contributed by atoms with Gasteiger partial charge < -0.3 is 5.32 Å². The molecule has 1 fully saturated rings. The third kappa shape index (κ3) is 4.81. The minimum absolute atomic E-state index is 0.0249. The van der Waals surface area contributed by atoms with E-state index >= 15 is 0 Å². The fourth-order valence-electron chi connectivity index (χ4n) is 4.49. The van der Waals surface area contributed by atoms with Crippen molar-refractivity contribution in [1.82, 2.24) is 15.2 Å². The Morgan fingerprint density at radius 1 is 1.06 bits per heavy atom. The molecule has 2 aromatic carbocycles. The van der Waals surface area contributed by atoms with Gasteiger partial charge in [0.1, 0.15) is 0 Å². The monoisotopic (exact) mass is 485 g/mol. The Labute approximate surface area is 200 Å². The van der Waals surface area contributed by atoms with Crippen LogP contribution in [0, 0.1) is 0 Å². The van der Waals surface area contributed by atoms with E-state index < -0.39 is 11.7 Å². The minimum Gasteiger partial charge on any atom is -0.351 e. The van der Waals surface area contributed by atoms with E-state index in [1.54, 1.807) is 6.20 Å². The number of alkyl halides is 3. The molecule has 0 saturated heterocycles. The van der Waals surface area contributed by atoms with E-state index in [1.807, 2.05) is 30.3 Å². The average molecular weight is 486 g/mol. The lowest BCUT2D eigenvalue weighted by atomic mass is 9.96. The molecule has 5 rings (SSSR count). The lowest BCUT2D eigenvalue weighted by molar-refractivity contribution is -0.137. The fourth-order valence-corrected chi connectivity index (χ4v) is 4.62. The number of carbonyl (C=O) groups is 1. The number of nitrogens with zero attached hydrogens (tertiary/aromatic N) is 2. The molecule has 1 aliphatic carbocycles. The van der Waals surface area contributed by atoms with Gasteiger partial charge in [-0.25, -0.2) is 0 Å². The number of pyridine rings is 1. The summed E-state index contributed by atoms with van der Waals surface area (Å²) < 4.78 is 38.3. The van der Waals surface area contributed by atoms with Crippen molar-refractivity contribution in [2.45, 2.75) is 44.1 Å². The van der Waals surface area contributed by atoms with Gasteiger partial charge in [0.15, 0.2) is 0 Å². The number of halogens is 4. The Bertz CT molecular complexity index is 1210. The van der Waals surface area contributed by atoms with Crippen LogP contribution in [0.2, 0.25) is 5.02 Å². The molecule has 34 heavy (non-hydrogen) atoms. The second kappa shape index (κ2) is 8.71. The van der Waals surface area contributed by atoms with Crippen molar-refractivity contribution in [3.8, 4) is 0 Å². The van der Waals surface area contributed by atoms with Crippen molar-refractivity contribution in [3.05, 3.63) is 99.3 Å². The lowest BCUT2D eigenvalue weighted by Crippen LogP contribution is -2.32. The first-order valence-electron chi connectivity index (χ1n) is 11.1. The molecule has 2 aliphatic rings. The van der Waals surface area contributed by atoms with Gasteiger partial charge in [0.25, 0.3) is 5.91 Å². The van der Waals surface area contributed by atoms with Crippen LogP contribution in [-0.4, -0.2) is 22.3 Å². The molecular weight excluding hydrogens is 463 g/mol. The van der Waals surface area contributed by atoms with Crippen LogP contribution in [0.15, 0.2) is 60.8 Å². The summed E-state index contributed by atoms with van der Waals surface area (Å²) in [5.74, 6) is -0.156. The van der Waals surface area contributed by atoms with Crippen molar-refractivity contribution >= 4 is 17.5 Å². The molecular formula is C26H23ClF3N3O. The van der Waals surface area contributed by atoms with E-state index in [2.05, 4.69) is 15.2 Å². The Morgan fingerprint density at radius 2 is 1.76 bits per heavy atom. The Morgan fingerprint density at radius 3 is 2.41 bits per heavy atom. The van der Waals surface area contributed by atoms with Crippen LogP contribution < -0.4 is 5.32 Å². The van der Waals surface area contributed by atoms with Gasteiger partial charge in [0, 0.05) is 42.8 Å². The molecule has 0 unspecified atom stereocenters. The molecule has 1 aliphatic heterocycles. The van der Waals surface area contributed by atoms with Crippen molar-refractivity contribution in [2.75, 3.05) is 6.54 Å². The molecule has 1 aromatic heterocycles. The van der Waals surface area contributed by atoms with E-state index in [4.69, 9.17) is 11.6 Å². The van der Waals surface area contributed by atoms with Crippen LogP contribution in [0.4, 0.5) is 13.2 Å². The summed E-state index contributed by atoms with van der Waals surface area (Å²) in [5.41, 5.74) is 3.69.